The van der Waals surface area contributed by atoms with E-state index in [1.165, 1.54) is 61.0 Å². The Labute approximate surface area is 266 Å². The van der Waals surface area contributed by atoms with Crippen LogP contribution in [0.25, 0.3) is 0 Å². The number of benzene rings is 3. The zero-order valence-corrected chi connectivity index (χ0v) is 27.8. The number of hydrogen-bond acceptors (Lipinski definition) is 6. The van der Waals surface area contributed by atoms with Crippen molar-refractivity contribution in [1.29, 1.82) is 10.5 Å². The van der Waals surface area contributed by atoms with Crippen molar-refractivity contribution in [2.45, 2.75) is 68.6 Å². The minimum atomic E-state index is -0.204. The van der Waals surface area contributed by atoms with Gasteiger partial charge in [0, 0.05) is 71.3 Å². The predicted octanol–water partition coefficient (Wildman–Crippen LogP) is 7.43. The highest BCUT2D eigenvalue weighted by Gasteiger charge is 2.36. The molecule has 0 radical (unpaired) electrons. The van der Waals surface area contributed by atoms with E-state index in [9.17, 15) is 5.26 Å². The van der Waals surface area contributed by atoms with Crippen LogP contribution in [0.3, 0.4) is 0 Å². The van der Waals surface area contributed by atoms with E-state index in [1.807, 2.05) is 57.4 Å². The van der Waals surface area contributed by atoms with Crippen molar-refractivity contribution in [2.75, 3.05) is 63.5 Å². The van der Waals surface area contributed by atoms with E-state index in [4.69, 9.17) is 11.0 Å². The van der Waals surface area contributed by atoms with Gasteiger partial charge in [-0.3, -0.25) is 0 Å². The quantitative estimate of drug-likeness (QED) is 0.307. The molecular formula is C38H52N6. The number of nitriles is 2. The summed E-state index contributed by atoms with van der Waals surface area (Å²) >= 11 is 0. The molecule has 3 aromatic carbocycles. The summed E-state index contributed by atoms with van der Waals surface area (Å²) in [4.78, 5) is 6.25. The molecule has 0 saturated heterocycles. The van der Waals surface area contributed by atoms with Gasteiger partial charge >= 0.3 is 0 Å². The third-order valence-electron chi connectivity index (χ3n) is 9.29. The van der Waals surface area contributed by atoms with Gasteiger partial charge in [0.2, 0.25) is 0 Å². The zero-order valence-electron chi connectivity index (χ0n) is 27.8. The van der Waals surface area contributed by atoms with Gasteiger partial charge in [-0.05, 0) is 78.8 Å². The van der Waals surface area contributed by atoms with Crippen LogP contribution < -0.4 is 20.4 Å². The second-order valence-corrected chi connectivity index (χ2v) is 12.9. The maximum absolute atomic E-state index is 9.39. The molecule has 2 aliphatic carbocycles. The first-order valence-electron chi connectivity index (χ1n) is 15.9. The molecule has 2 fully saturated rings. The van der Waals surface area contributed by atoms with Crippen molar-refractivity contribution in [1.82, 2.24) is 0 Å². The van der Waals surface area contributed by atoms with Gasteiger partial charge in [0.1, 0.15) is 0 Å². The molecule has 6 heteroatoms. The Hall–Kier alpha value is -4.00. The molecule has 3 aromatic rings. The molecule has 44 heavy (non-hydrogen) atoms. The summed E-state index contributed by atoms with van der Waals surface area (Å²) in [6.07, 6.45) is 10.1. The summed E-state index contributed by atoms with van der Waals surface area (Å²) in [5, 5.41) is 17.8. The molecule has 2 saturated carbocycles. The summed E-state index contributed by atoms with van der Waals surface area (Å²) in [7, 11) is 12.2. The number of anilines is 3. The monoisotopic (exact) mass is 592 g/mol. The van der Waals surface area contributed by atoms with Crippen molar-refractivity contribution in [3.8, 4) is 12.1 Å². The van der Waals surface area contributed by atoms with Crippen LogP contribution in [0.2, 0.25) is 0 Å². The van der Waals surface area contributed by atoms with Gasteiger partial charge in [-0.25, -0.2) is 0 Å². The normalized spacial score (nSPS) is 15.8. The summed E-state index contributed by atoms with van der Waals surface area (Å²) in [5.74, 6) is 0. The van der Waals surface area contributed by atoms with Crippen LogP contribution in [0.1, 0.15) is 68.1 Å². The van der Waals surface area contributed by atoms with E-state index >= 15 is 0 Å². The molecule has 0 atom stereocenters. The average molecular weight is 593 g/mol. The molecular weight excluding hydrogens is 540 g/mol. The Kier molecular flexibility index (Phi) is 12.7. The second-order valence-electron chi connectivity index (χ2n) is 12.9. The standard InChI is InChI=1S/C14H22N2.C14H18N2.C10H12N2/c2*1-16(2)13-7-5-12(6-8-13)14(11-15)9-3-4-10-14;1-12(2)10-5-3-9(4-6-10)7-8-11/h5-8H,3-4,9-11,15H2,1-2H3;5-8H,3-4,9-10H2,1-2H3;3-6H,7H2,1-2H3. The molecule has 2 N–H and O–H groups in total. The Morgan fingerprint density at radius 3 is 1.34 bits per heavy atom. The van der Waals surface area contributed by atoms with Crippen molar-refractivity contribution >= 4 is 17.1 Å². The lowest BCUT2D eigenvalue weighted by Gasteiger charge is -2.28. The molecule has 6 nitrogen and oxygen atoms in total. The fourth-order valence-electron chi connectivity index (χ4n) is 6.30. The molecule has 0 amide bonds. The van der Waals surface area contributed by atoms with Gasteiger partial charge in [-0.1, -0.05) is 62.1 Å². The topological polar surface area (TPSA) is 83.3 Å². The van der Waals surface area contributed by atoms with Gasteiger partial charge in [-0.2, -0.15) is 10.5 Å². The lowest BCUT2D eigenvalue weighted by atomic mass is 9.79. The number of nitrogens with two attached hydrogens (primary N) is 1. The van der Waals surface area contributed by atoms with Gasteiger partial charge in [0.25, 0.3) is 0 Å². The zero-order chi connectivity index (χ0) is 32.2. The number of rotatable bonds is 7. The lowest BCUT2D eigenvalue weighted by Crippen LogP contribution is -2.31. The molecule has 0 spiro atoms. The van der Waals surface area contributed by atoms with Crippen molar-refractivity contribution in [2.24, 2.45) is 5.73 Å². The van der Waals surface area contributed by atoms with Gasteiger partial charge < -0.3 is 20.4 Å². The second kappa shape index (κ2) is 16.2. The summed E-state index contributed by atoms with van der Waals surface area (Å²) in [6.45, 7) is 0.786. The van der Waals surface area contributed by atoms with Gasteiger partial charge in [0.15, 0.2) is 0 Å². The molecule has 0 aromatic heterocycles. The highest BCUT2D eigenvalue weighted by atomic mass is 15.1. The fourth-order valence-corrected chi connectivity index (χ4v) is 6.30. The van der Waals surface area contributed by atoms with Crippen LogP contribution in [0, 0.1) is 22.7 Å². The van der Waals surface area contributed by atoms with Crippen LogP contribution >= 0.6 is 0 Å². The van der Waals surface area contributed by atoms with Crippen LogP contribution in [-0.4, -0.2) is 48.8 Å². The number of nitrogens with zero attached hydrogens (tertiary/aromatic N) is 5. The predicted molar refractivity (Wildman–Crippen MR) is 187 cm³/mol. The van der Waals surface area contributed by atoms with Gasteiger partial charge in [-0.15, -0.1) is 0 Å². The lowest BCUT2D eigenvalue weighted by molar-refractivity contribution is 0.453. The molecule has 0 unspecified atom stereocenters. The Morgan fingerprint density at radius 1 is 0.591 bits per heavy atom. The SMILES string of the molecule is CN(C)c1ccc(C2(C#N)CCCC2)cc1.CN(C)c1ccc(C2(CN)CCCC2)cc1.CN(C)c1ccc(CC#N)cc1. The summed E-state index contributed by atoms with van der Waals surface area (Å²) in [5.41, 5.74) is 13.4. The maximum Gasteiger partial charge on any atom is 0.0822 e. The minimum Gasteiger partial charge on any atom is -0.378 e. The van der Waals surface area contributed by atoms with E-state index in [0.717, 1.165) is 30.6 Å². The van der Waals surface area contributed by atoms with Crippen LogP contribution in [0.5, 0.6) is 0 Å². The highest BCUT2D eigenvalue weighted by Crippen LogP contribution is 2.41. The van der Waals surface area contributed by atoms with E-state index < -0.39 is 0 Å². The maximum atomic E-state index is 9.39. The van der Waals surface area contributed by atoms with E-state index in [0.29, 0.717) is 6.42 Å². The fraction of sp³-hybridized carbons (Fsp3) is 0.474. The Bertz CT molecular complexity index is 1350. The molecule has 0 heterocycles. The van der Waals surface area contributed by atoms with Crippen molar-refractivity contribution in [3.05, 3.63) is 89.5 Å². The Morgan fingerprint density at radius 2 is 0.977 bits per heavy atom. The molecule has 5 rings (SSSR count). The van der Waals surface area contributed by atoms with E-state index in [2.05, 4.69) is 84.6 Å². The van der Waals surface area contributed by atoms with Crippen LogP contribution in [-0.2, 0) is 17.3 Å². The molecule has 0 bridgehead atoms. The summed E-state index contributed by atoms with van der Waals surface area (Å²) in [6, 6.07) is 30.0. The molecule has 0 aliphatic heterocycles. The van der Waals surface area contributed by atoms with Crippen LogP contribution in [0.15, 0.2) is 72.8 Å². The largest absolute Gasteiger partial charge is 0.378 e. The smallest absolute Gasteiger partial charge is 0.0822 e. The first kappa shape index (κ1) is 34.5. The van der Waals surface area contributed by atoms with Crippen LogP contribution in [0.4, 0.5) is 17.1 Å². The first-order chi connectivity index (χ1) is 21.1. The highest BCUT2D eigenvalue weighted by molar-refractivity contribution is 5.49. The molecule has 234 valence electrons. The summed E-state index contributed by atoms with van der Waals surface area (Å²) < 4.78 is 0. The minimum absolute atomic E-state index is 0.204. The Balaban J connectivity index is 0.000000183. The van der Waals surface area contributed by atoms with Crippen molar-refractivity contribution < 1.29 is 0 Å². The van der Waals surface area contributed by atoms with E-state index in [1.54, 1.807) is 0 Å². The third-order valence-corrected chi connectivity index (χ3v) is 9.29. The third kappa shape index (κ3) is 8.77. The number of hydrogen-bond donors (Lipinski definition) is 1. The first-order valence-corrected chi connectivity index (χ1v) is 15.9. The van der Waals surface area contributed by atoms with E-state index in [-0.39, 0.29) is 10.8 Å². The average Bonchev–Trinajstić information content (AvgIpc) is 3.74. The molecule has 2 aliphatic rings. The van der Waals surface area contributed by atoms with Gasteiger partial charge in [0.05, 0.1) is 24.0 Å². The van der Waals surface area contributed by atoms with Crippen molar-refractivity contribution in [3.63, 3.8) is 0 Å².